The Morgan fingerprint density at radius 2 is 1.89 bits per heavy atom. The van der Waals surface area contributed by atoms with Crippen molar-refractivity contribution in [3.63, 3.8) is 0 Å². The molecule has 0 aromatic heterocycles. The van der Waals surface area contributed by atoms with Crippen molar-refractivity contribution in [2.75, 3.05) is 19.6 Å². The van der Waals surface area contributed by atoms with Crippen LogP contribution in [0.3, 0.4) is 0 Å². The van der Waals surface area contributed by atoms with Crippen molar-refractivity contribution >= 4 is 5.91 Å². The van der Waals surface area contributed by atoms with Gasteiger partial charge in [0, 0.05) is 43.3 Å². The van der Waals surface area contributed by atoms with E-state index in [1.54, 1.807) is 25.1 Å². The van der Waals surface area contributed by atoms with Crippen LogP contribution in [-0.4, -0.2) is 46.5 Å². The van der Waals surface area contributed by atoms with Crippen molar-refractivity contribution in [1.82, 2.24) is 9.80 Å². The molecule has 2 aromatic carbocycles. The molecule has 1 fully saturated rings. The highest BCUT2D eigenvalue weighted by atomic mass is 19.1. The first kappa shape index (κ1) is 20.3. The lowest BCUT2D eigenvalue weighted by Gasteiger charge is -2.34. The van der Waals surface area contributed by atoms with E-state index in [1.165, 1.54) is 12.1 Å². The number of rotatable bonds is 4. The summed E-state index contributed by atoms with van der Waals surface area (Å²) in [5.41, 5.74) is 2.27. The van der Waals surface area contributed by atoms with E-state index in [-0.39, 0.29) is 23.5 Å². The van der Waals surface area contributed by atoms with E-state index in [2.05, 4.69) is 18.7 Å². The van der Waals surface area contributed by atoms with Crippen LogP contribution in [0.1, 0.15) is 41.8 Å². The lowest BCUT2D eigenvalue weighted by atomic mass is 10.0. The van der Waals surface area contributed by atoms with E-state index in [4.69, 9.17) is 0 Å². The van der Waals surface area contributed by atoms with Gasteiger partial charge in [0.1, 0.15) is 11.6 Å². The Morgan fingerprint density at radius 3 is 2.57 bits per heavy atom. The molecule has 5 heteroatoms. The molecule has 1 aliphatic heterocycles. The van der Waals surface area contributed by atoms with Gasteiger partial charge in [-0.25, -0.2) is 4.39 Å². The summed E-state index contributed by atoms with van der Waals surface area (Å²) in [6.45, 7) is 9.11. The number of carbonyl (C=O) groups excluding carboxylic acids is 1. The van der Waals surface area contributed by atoms with E-state index >= 15 is 0 Å². The average molecular weight is 384 g/mol. The zero-order valence-electron chi connectivity index (χ0n) is 16.9. The second-order valence-corrected chi connectivity index (χ2v) is 7.96. The van der Waals surface area contributed by atoms with Crippen molar-refractivity contribution in [2.24, 2.45) is 5.92 Å². The maximum atomic E-state index is 13.2. The van der Waals surface area contributed by atoms with Gasteiger partial charge in [-0.05, 0) is 49.1 Å². The fourth-order valence-electron chi connectivity index (χ4n) is 3.93. The topological polar surface area (TPSA) is 43.8 Å². The Hall–Kier alpha value is -2.40. The molecule has 1 atom stereocenters. The van der Waals surface area contributed by atoms with Crippen LogP contribution in [0.25, 0.3) is 0 Å². The van der Waals surface area contributed by atoms with E-state index in [0.717, 1.165) is 25.1 Å². The van der Waals surface area contributed by atoms with Crippen LogP contribution in [0.2, 0.25) is 0 Å². The van der Waals surface area contributed by atoms with Gasteiger partial charge in [0.15, 0.2) is 0 Å². The van der Waals surface area contributed by atoms with Gasteiger partial charge in [-0.2, -0.15) is 0 Å². The number of hydrogen-bond acceptors (Lipinski definition) is 3. The molecule has 2 aromatic rings. The molecule has 1 unspecified atom stereocenters. The van der Waals surface area contributed by atoms with E-state index in [0.29, 0.717) is 30.1 Å². The fourth-order valence-corrected chi connectivity index (χ4v) is 3.93. The zero-order chi connectivity index (χ0) is 20.3. The molecule has 1 amide bonds. The summed E-state index contributed by atoms with van der Waals surface area (Å²) in [5, 5.41) is 9.96. The van der Waals surface area contributed by atoms with Gasteiger partial charge in [0.2, 0.25) is 0 Å². The molecule has 1 heterocycles. The minimum atomic E-state index is -0.224. The molecule has 150 valence electrons. The third-order valence-corrected chi connectivity index (χ3v) is 5.64. The molecule has 0 aliphatic carbocycles. The van der Waals surface area contributed by atoms with Crippen molar-refractivity contribution < 1.29 is 14.3 Å². The van der Waals surface area contributed by atoms with E-state index in [9.17, 15) is 14.3 Å². The number of amides is 1. The Balaban J connectivity index is 1.79. The van der Waals surface area contributed by atoms with Crippen LogP contribution >= 0.6 is 0 Å². The minimum absolute atomic E-state index is 0.0253. The van der Waals surface area contributed by atoms with Gasteiger partial charge >= 0.3 is 0 Å². The Morgan fingerprint density at radius 1 is 1.18 bits per heavy atom. The molecular weight excluding hydrogens is 355 g/mol. The van der Waals surface area contributed by atoms with Gasteiger partial charge < -0.3 is 10.0 Å². The molecule has 28 heavy (non-hydrogen) atoms. The Labute approximate surface area is 166 Å². The standard InChI is InChI=1S/C23H29FN2O2/c1-16(2)21-15-26(23(28)20-6-4-7-22(27)17(20)3)13-5-12-25(21)14-18-8-10-19(24)11-9-18/h4,6-11,16,21,27H,5,12-15H2,1-3H3. The quantitative estimate of drug-likeness (QED) is 0.859. The van der Waals surface area contributed by atoms with Crippen molar-refractivity contribution in [2.45, 2.75) is 39.8 Å². The van der Waals surface area contributed by atoms with Gasteiger partial charge in [0.25, 0.3) is 5.91 Å². The molecule has 0 saturated carbocycles. The van der Waals surface area contributed by atoms with Crippen LogP contribution in [0, 0.1) is 18.7 Å². The molecular formula is C23H29FN2O2. The molecule has 1 aliphatic rings. The molecule has 0 bridgehead atoms. The molecule has 4 nitrogen and oxygen atoms in total. The second kappa shape index (κ2) is 8.74. The number of carbonyl (C=O) groups is 1. The summed E-state index contributed by atoms with van der Waals surface area (Å²) in [7, 11) is 0. The van der Waals surface area contributed by atoms with Crippen molar-refractivity contribution in [3.8, 4) is 5.75 Å². The van der Waals surface area contributed by atoms with Crippen molar-refractivity contribution in [3.05, 3.63) is 65.0 Å². The van der Waals surface area contributed by atoms with Crippen LogP contribution in [0.4, 0.5) is 4.39 Å². The number of aromatic hydroxyl groups is 1. The summed E-state index contributed by atoms with van der Waals surface area (Å²) in [5.74, 6) is 0.277. The Kier molecular flexibility index (Phi) is 6.35. The highest BCUT2D eigenvalue weighted by Gasteiger charge is 2.30. The number of halogens is 1. The van der Waals surface area contributed by atoms with Gasteiger partial charge in [-0.1, -0.05) is 32.0 Å². The summed E-state index contributed by atoms with van der Waals surface area (Å²) < 4.78 is 13.2. The molecule has 1 N–H and O–H groups in total. The smallest absolute Gasteiger partial charge is 0.254 e. The fraction of sp³-hybridized carbons (Fsp3) is 0.435. The highest BCUT2D eigenvalue weighted by molar-refractivity contribution is 5.96. The number of benzene rings is 2. The summed E-state index contributed by atoms with van der Waals surface area (Å²) >= 11 is 0. The first-order valence-electron chi connectivity index (χ1n) is 9.93. The van der Waals surface area contributed by atoms with Gasteiger partial charge in [-0.15, -0.1) is 0 Å². The number of hydrogen-bond donors (Lipinski definition) is 1. The monoisotopic (exact) mass is 384 g/mol. The van der Waals surface area contributed by atoms with Crippen LogP contribution < -0.4 is 0 Å². The zero-order valence-corrected chi connectivity index (χ0v) is 16.9. The molecule has 1 saturated heterocycles. The summed E-state index contributed by atoms with van der Waals surface area (Å²) in [4.78, 5) is 17.5. The summed E-state index contributed by atoms with van der Waals surface area (Å²) in [6, 6.07) is 12.0. The minimum Gasteiger partial charge on any atom is -0.508 e. The van der Waals surface area contributed by atoms with Crippen LogP contribution in [0.5, 0.6) is 5.75 Å². The Bertz CT molecular complexity index is 820. The maximum Gasteiger partial charge on any atom is 0.254 e. The number of phenols is 1. The van der Waals surface area contributed by atoms with Gasteiger partial charge in [-0.3, -0.25) is 9.69 Å². The first-order chi connectivity index (χ1) is 13.4. The maximum absolute atomic E-state index is 13.2. The van der Waals surface area contributed by atoms with E-state index in [1.807, 2.05) is 17.0 Å². The lowest BCUT2D eigenvalue weighted by molar-refractivity contribution is 0.0701. The molecule has 0 radical (unpaired) electrons. The molecule has 0 spiro atoms. The largest absolute Gasteiger partial charge is 0.508 e. The predicted octanol–water partition coefficient (Wildman–Crippen LogP) is 4.21. The SMILES string of the molecule is Cc1c(O)cccc1C(=O)N1CCCN(Cc2ccc(F)cc2)C(C(C)C)C1. The van der Waals surface area contributed by atoms with E-state index < -0.39 is 0 Å². The lowest BCUT2D eigenvalue weighted by Crippen LogP contribution is -2.45. The predicted molar refractivity (Wildman–Crippen MR) is 109 cm³/mol. The van der Waals surface area contributed by atoms with Gasteiger partial charge in [0.05, 0.1) is 0 Å². The third kappa shape index (κ3) is 4.53. The average Bonchev–Trinajstić information content (AvgIpc) is 2.88. The normalized spacial score (nSPS) is 18.3. The number of nitrogens with zero attached hydrogens (tertiary/aromatic N) is 2. The number of phenolic OH excluding ortho intramolecular Hbond substituents is 1. The van der Waals surface area contributed by atoms with Crippen molar-refractivity contribution in [1.29, 1.82) is 0 Å². The first-order valence-corrected chi connectivity index (χ1v) is 9.93. The highest BCUT2D eigenvalue weighted by Crippen LogP contribution is 2.24. The third-order valence-electron chi connectivity index (χ3n) is 5.64. The second-order valence-electron chi connectivity index (χ2n) is 7.96. The molecule has 3 rings (SSSR count). The summed E-state index contributed by atoms with van der Waals surface area (Å²) in [6.07, 6.45) is 0.883. The van der Waals surface area contributed by atoms with Crippen LogP contribution in [-0.2, 0) is 6.54 Å². The van der Waals surface area contributed by atoms with Crippen LogP contribution in [0.15, 0.2) is 42.5 Å².